The van der Waals surface area contributed by atoms with E-state index in [4.69, 9.17) is 4.74 Å². The van der Waals surface area contributed by atoms with Gasteiger partial charge in [0.1, 0.15) is 11.6 Å². The van der Waals surface area contributed by atoms with Crippen LogP contribution in [-0.4, -0.2) is 13.0 Å². The molecule has 0 unspecified atom stereocenters. The molecule has 0 heterocycles. The Hall–Kier alpha value is -1.63. The van der Waals surface area contributed by atoms with Crippen molar-refractivity contribution in [3.8, 4) is 5.75 Å². The molecule has 0 aliphatic rings. The lowest BCUT2D eigenvalue weighted by atomic mass is 10.1. The van der Waals surface area contributed by atoms with Crippen molar-refractivity contribution in [2.45, 2.75) is 0 Å². The van der Waals surface area contributed by atoms with Gasteiger partial charge in [0.15, 0.2) is 0 Å². The van der Waals surface area contributed by atoms with Gasteiger partial charge in [0.25, 0.3) is 5.91 Å². The number of ether oxygens (including phenoxy) is 1. The molecule has 1 N–H and O–H groups in total. The van der Waals surface area contributed by atoms with Gasteiger partial charge >= 0.3 is 0 Å². The smallest absolute Gasteiger partial charge is 0.259 e. The van der Waals surface area contributed by atoms with E-state index in [0.717, 1.165) is 9.64 Å². The molecule has 0 fully saturated rings. The van der Waals surface area contributed by atoms with Crippen molar-refractivity contribution in [3.05, 3.63) is 57.4 Å². The van der Waals surface area contributed by atoms with Crippen molar-refractivity contribution in [2.75, 3.05) is 12.4 Å². The summed E-state index contributed by atoms with van der Waals surface area (Å²) in [4.78, 5) is 12.1. The molecule has 1 amide bonds. The maximum Gasteiger partial charge on any atom is 0.259 e. The molecule has 0 aliphatic carbocycles. The van der Waals surface area contributed by atoms with Gasteiger partial charge in [-0.1, -0.05) is 6.07 Å². The number of nitrogens with one attached hydrogen (secondary N) is 1. The zero-order valence-electron chi connectivity index (χ0n) is 10.1. The predicted octanol–water partition coefficient (Wildman–Crippen LogP) is 3.69. The second-order valence-corrected chi connectivity index (χ2v) is 5.05. The Morgan fingerprint density at radius 3 is 2.74 bits per heavy atom. The lowest BCUT2D eigenvalue weighted by Gasteiger charge is -2.09. The van der Waals surface area contributed by atoms with Crippen molar-refractivity contribution in [1.29, 1.82) is 0 Å². The van der Waals surface area contributed by atoms with Crippen LogP contribution < -0.4 is 10.1 Å². The molecule has 19 heavy (non-hydrogen) atoms. The third-order valence-corrected chi connectivity index (χ3v) is 3.16. The fraction of sp³-hybridized carbons (Fsp3) is 0.0714. The molecule has 5 heteroatoms. The molecule has 0 spiro atoms. The molecule has 0 saturated carbocycles. The van der Waals surface area contributed by atoms with Crippen LogP contribution in [0.3, 0.4) is 0 Å². The van der Waals surface area contributed by atoms with Gasteiger partial charge in [-0.3, -0.25) is 4.79 Å². The molecule has 0 radical (unpaired) electrons. The molecular weight excluding hydrogens is 360 g/mol. The first-order chi connectivity index (χ1) is 9.10. The SMILES string of the molecule is COc1ccc(F)cc1C(=O)Nc1cccc(I)c1. The van der Waals surface area contributed by atoms with Gasteiger partial charge in [0.05, 0.1) is 12.7 Å². The van der Waals surface area contributed by atoms with Gasteiger partial charge in [-0.05, 0) is 59.0 Å². The van der Waals surface area contributed by atoms with Crippen LogP contribution >= 0.6 is 22.6 Å². The van der Waals surface area contributed by atoms with Gasteiger partial charge in [-0.15, -0.1) is 0 Å². The van der Waals surface area contributed by atoms with E-state index in [1.165, 1.54) is 19.2 Å². The summed E-state index contributed by atoms with van der Waals surface area (Å²) >= 11 is 2.15. The van der Waals surface area contributed by atoms with E-state index in [2.05, 4.69) is 27.9 Å². The minimum absolute atomic E-state index is 0.168. The average molecular weight is 371 g/mol. The summed E-state index contributed by atoms with van der Waals surface area (Å²) in [5.74, 6) is -0.545. The lowest BCUT2D eigenvalue weighted by Crippen LogP contribution is -2.13. The first-order valence-electron chi connectivity index (χ1n) is 5.50. The number of hydrogen-bond donors (Lipinski definition) is 1. The molecule has 2 rings (SSSR count). The van der Waals surface area contributed by atoms with Crippen LogP contribution in [-0.2, 0) is 0 Å². The first kappa shape index (κ1) is 13.8. The van der Waals surface area contributed by atoms with Crippen molar-refractivity contribution in [2.24, 2.45) is 0 Å². The fourth-order valence-corrected chi connectivity index (χ4v) is 2.17. The number of hydrogen-bond acceptors (Lipinski definition) is 2. The number of anilines is 1. The zero-order chi connectivity index (χ0) is 13.8. The standard InChI is InChI=1S/C14H11FINO2/c1-19-13-6-5-9(15)7-12(13)14(18)17-11-4-2-3-10(16)8-11/h2-8H,1H3,(H,17,18). The molecule has 0 aliphatic heterocycles. The normalized spacial score (nSPS) is 10.1. The highest BCUT2D eigenvalue weighted by atomic mass is 127. The highest BCUT2D eigenvalue weighted by Crippen LogP contribution is 2.21. The van der Waals surface area contributed by atoms with E-state index in [1.807, 2.05) is 18.2 Å². The van der Waals surface area contributed by atoms with Gasteiger partial charge < -0.3 is 10.1 Å². The number of carbonyl (C=O) groups is 1. The van der Waals surface area contributed by atoms with Crippen LogP contribution in [0.5, 0.6) is 5.75 Å². The van der Waals surface area contributed by atoms with Crippen molar-refractivity contribution in [3.63, 3.8) is 0 Å². The number of halogens is 2. The Morgan fingerprint density at radius 2 is 2.05 bits per heavy atom. The van der Waals surface area contributed by atoms with Gasteiger partial charge in [0.2, 0.25) is 0 Å². The lowest BCUT2D eigenvalue weighted by molar-refractivity contribution is 0.102. The minimum Gasteiger partial charge on any atom is -0.496 e. The molecule has 0 aromatic heterocycles. The number of benzene rings is 2. The number of carbonyl (C=O) groups excluding carboxylic acids is 1. The maximum absolute atomic E-state index is 13.2. The van der Waals surface area contributed by atoms with Crippen LogP contribution in [0, 0.1) is 9.39 Å². The highest BCUT2D eigenvalue weighted by Gasteiger charge is 2.13. The van der Waals surface area contributed by atoms with Gasteiger partial charge in [-0.2, -0.15) is 0 Å². The van der Waals surface area contributed by atoms with Crippen LogP contribution in [0.2, 0.25) is 0 Å². The molecular formula is C14H11FINO2. The molecule has 2 aromatic rings. The number of rotatable bonds is 3. The Bertz CT molecular complexity index is 616. The van der Waals surface area contributed by atoms with E-state index in [0.29, 0.717) is 11.4 Å². The molecule has 0 atom stereocenters. The van der Waals surface area contributed by atoms with E-state index >= 15 is 0 Å². The summed E-state index contributed by atoms with van der Waals surface area (Å²) < 4.78 is 19.3. The summed E-state index contributed by atoms with van der Waals surface area (Å²) in [6.07, 6.45) is 0. The molecule has 98 valence electrons. The molecule has 3 nitrogen and oxygen atoms in total. The summed E-state index contributed by atoms with van der Waals surface area (Å²) in [7, 11) is 1.44. The molecule has 0 saturated heterocycles. The van der Waals surface area contributed by atoms with E-state index < -0.39 is 11.7 Å². The Morgan fingerprint density at radius 1 is 1.26 bits per heavy atom. The Labute approximate surface area is 123 Å². The van der Waals surface area contributed by atoms with E-state index in [1.54, 1.807) is 6.07 Å². The van der Waals surface area contributed by atoms with E-state index in [9.17, 15) is 9.18 Å². The van der Waals surface area contributed by atoms with Crippen LogP contribution in [0.4, 0.5) is 10.1 Å². The van der Waals surface area contributed by atoms with Crippen LogP contribution in [0.25, 0.3) is 0 Å². The third-order valence-electron chi connectivity index (χ3n) is 2.49. The first-order valence-corrected chi connectivity index (χ1v) is 6.58. The largest absolute Gasteiger partial charge is 0.496 e. The third kappa shape index (κ3) is 3.44. The monoisotopic (exact) mass is 371 g/mol. The maximum atomic E-state index is 13.2. The van der Waals surface area contributed by atoms with Gasteiger partial charge in [-0.25, -0.2) is 4.39 Å². The van der Waals surface area contributed by atoms with Crippen molar-refractivity contribution >= 4 is 34.2 Å². The Balaban J connectivity index is 2.27. The fourth-order valence-electron chi connectivity index (χ4n) is 1.62. The van der Waals surface area contributed by atoms with Crippen molar-refractivity contribution < 1.29 is 13.9 Å². The predicted molar refractivity (Wildman–Crippen MR) is 80.1 cm³/mol. The second-order valence-electron chi connectivity index (χ2n) is 3.81. The van der Waals surface area contributed by atoms with Gasteiger partial charge in [0, 0.05) is 9.26 Å². The number of methoxy groups -OCH3 is 1. The van der Waals surface area contributed by atoms with Crippen molar-refractivity contribution in [1.82, 2.24) is 0 Å². The highest BCUT2D eigenvalue weighted by molar-refractivity contribution is 14.1. The molecule has 0 bridgehead atoms. The van der Waals surface area contributed by atoms with Crippen LogP contribution in [0.15, 0.2) is 42.5 Å². The summed E-state index contributed by atoms with van der Waals surface area (Å²) in [6.45, 7) is 0. The number of amides is 1. The average Bonchev–Trinajstić information content (AvgIpc) is 2.38. The van der Waals surface area contributed by atoms with E-state index in [-0.39, 0.29) is 5.56 Å². The zero-order valence-corrected chi connectivity index (χ0v) is 12.3. The minimum atomic E-state index is -0.478. The second kappa shape index (κ2) is 6.01. The Kier molecular flexibility index (Phi) is 4.36. The quantitative estimate of drug-likeness (QED) is 0.836. The van der Waals surface area contributed by atoms with Crippen LogP contribution in [0.1, 0.15) is 10.4 Å². The molecule has 2 aromatic carbocycles. The summed E-state index contributed by atoms with van der Waals surface area (Å²) in [6, 6.07) is 11.2. The summed E-state index contributed by atoms with van der Waals surface area (Å²) in [5, 5.41) is 2.71. The summed E-state index contributed by atoms with van der Waals surface area (Å²) in [5.41, 5.74) is 0.824. The topological polar surface area (TPSA) is 38.3 Å².